The van der Waals surface area contributed by atoms with Crippen LogP contribution in [-0.4, -0.2) is 82.3 Å². The van der Waals surface area contributed by atoms with Crippen LogP contribution in [0.1, 0.15) is 35.2 Å². The van der Waals surface area contributed by atoms with Gasteiger partial charge in [0.2, 0.25) is 5.91 Å². The summed E-state index contributed by atoms with van der Waals surface area (Å²) in [6, 6.07) is 6.62. The second-order valence-corrected chi connectivity index (χ2v) is 7.81. The van der Waals surface area contributed by atoms with Gasteiger partial charge in [-0.1, -0.05) is 12.1 Å². The van der Waals surface area contributed by atoms with Gasteiger partial charge in [0.1, 0.15) is 17.9 Å². The van der Waals surface area contributed by atoms with E-state index in [1.165, 1.54) is 4.90 Å². The van der Waals surface area contributed by atoms with Crippen molar-refractivity contribution in [3.63, 3.8) is 0 Å². The van der Waals surface area contributed by atoms with Gasteiger partial charge in [0.25, 0.3) is 17.7 Å². The van der Waals surface area contributed by atoms with Gasteiger partial charge < -0.3 is 30.6 Å². The quantitative estimate of drug-likeness (QED) is 0.373. The number of rotatable bonds is 9. The molecule has 11 nitrogen and oxygen atoms in total. The van der Waals surface area contributed by atoms with E-state index < -0.39 is 29.9 Å². The highest BCUT2D eigenvalue weighted by Crippen LogP contribution is 2.20. The number of aliphatic hydroxyl groups excluding tert-OH is 1. The van der Waals surface area contributed by atoms with Crippen molar-refractivity contribution in [3.05, 3.63) is 46.7 Å². The second kappa shape index (κ2) is 10.6. The van der Waals surface area contributed by atoms with E-state index in [2.05, 4.69) is 10.6 Å². The molecule has 0 saturated carbocycles. The molecule has 0 aliphatic carbocycles. The molecule has 11 heteroatoms. The SMILES string of the molecule is O=C(O)CNC(=O)C1=C(O)CCN(Cc2ccc(C(=O)NCCN3CCCC3=O)cc2)C1=O. The van der Waals surface area contributed by atoms with E-state index in [4.69, 9.17) is 5.11 Å². The summed E-state index contributed by atoms with van der Waals surface area (Å²) in [6.45, 7) is 1.23. The largest absolute Gasteiger partial charge is 0.511 e. The van der Waals surface area contributed by atoms with E-state index in [9.17, 15) is 29.1 Å². The molecule has 0 aromatic heterocycles. The molecule has 0 bridgehead atoms. The van der Waals surface area contributed by atoms with Gasteiger partial charge in [0, 0.05) is 51.1 Å². The van der Waals surface area contributed by atoms with Crippen molar-refractivity contribution in [3.8, 4) is 0 Å². The lowest BCUT2D eigenvalue weighted by Crippen LogP contribution is -2.43. The van der Waals surface area contributed by atoms with Gasteiger partial charge >= 0.3 is 5.97 Å². The number of nitrogens with one attached hydrogen (secondary N) is 2. The number of aliphatic carboxylic acids is 1. The van der Waals surface area contributed by atoms with E-state index in [0.29, 0.717) is 37.2 Å². The fourth-order valence-electron chi connectivity index (χ4n) is 3.70. The van der Waals surface area contributed by atoms with Crippen molar-refractivity contribution >= 4 is 29.6 Å². The molecule has 0 atom stereocenters. The molecule has 1 fully saturated rings. The van der Waals surface area contributed by atoms with E-state index >= 15 is 0 Å². The molecule has 0 unspecified atom stereocenters. The number of carbonyl (C=O) groups excluding carboxylic acids is 4. The molecule has 4 amide bonds. The molecule has 33 heavy (non-hydrogen) atoms. The maximum Gasteiger partial charge on any atom is 0.322 e. The molecule has 2 heterocycles. The summed E-state index contributed by atoms with van der Waals surface area (Å²) >= 11 is 0. The van der Waals surface area contributed by atoms with Crippen molar-refractivity contribution in [2.45, 2.75) is 25.8 Å². The van der Waals surface area contributed by atoms with Crippen molar-refractivity contribution < 1.29 is 34.2 Å². The van der Waals surface area contributed by atoms with Crippen LogP contribution in [0.25, 0.3) is 0 Å². The summed E-state index contributed by atoms with van der Waals surface area (Å²) in [5.41, 5.74) is 0.687. The maximum absolute atomic E-state index is 12.7. The van der Waals surface area contributed by atoms with E-state index in [1.807, 2.05) is 0 Å². The second-order valence-electron chi connectivity index (χ2n) is 7.81. The normalized spacial score (nSPS) is 16.2. The fourth-order valence-corrected chi connectivity index (χ4v) is 3.70. The van der Waals surface area contributed by atoms with E-state index in [-0.39, 0.29) is 37.1 Å². The fraction of sp³-hybridized carbons (Fsp3) is 0.409. The van der Waals surface area contributed by atoms with E-state index in [0.717, 1.165) is 6.42 Å². The Morgan fingerprint density at radius 2 is 1.67 bits per heavy atom. The van der Waals surface area contributed by atoms with E-state index in [1.54, 1.807) is 29.2 Å². The number of benzene rings is 1. The molecule has 176 valence electrons. The predicted molar refractivity (Wildman–Crippen MR) is 115 cm³/mol. The summed E-state index contributed by atoms with van der Waals surface area (Å²) in [6.07, 6.45) is 1.47. The van der Waals surface area contributed by atoms with Crippen LogP contribution in [0.5, 0.6) is 0 Å². The topological polar surface area (TPSA) is 156 Å². The van der Waals surface area contributed by atoms with Crippen LogP contribution in [0.4, 0.5) is 0 Å². The molecule has 3 rings (SSSR count). The lowest BCUT2D eigenvalue weighted by molar-refractivity contribution is -0.138. The van der Waals surface area contributed by atoms with Gasteiger partial charge in [-0.2, -0.15) is 0 Å². The van der Waals surface area contributed by atoms with Crippen molar-refractivity contribution in [2.75, 3.05) is 32.7 Å². The highest BCUT2D eigenvalue weighted by atomic mass is 16.4. The molecule has 1 aromatic carbocycles. The lowest BCUT2D eigenvalue weighted by atomic mass is 10.0. The summed E-state index contributed by atoms with van der Waals surface area (Å²) in [5.74, 6) is -3.44. The number of aliphatic hydroxyl groups is 1. The minimum Gasteiger partial charge on any atom is -0.511 e. The number of carboxylic acid groups (broad SMARTS) is 1. The molecule has 0 radical (unpaired) electrons. The zero-order valence-corrected chi connectivity index (χ0v) is 18.0. The van der Waals surface area contributed by atoms with Crippen LogP contribution in [0.15, 0.2) is 35.6 Å². The van der Waals surface area contributed by atoms with Crippen LogP contribution in [0.3, 0.4) is 0 Å². The van der Waals surface area contributed by atoms with Crippen molar-refractivity contribution in [1.82, 2.24) is 20.4 Å². The number of hydrogen-bond donors (Lipinski definition) is 4. The number of hydrogen-bond acceptors (Lipinski definition) is 6. The Morgan fingerprint density at radius 1 is 0.939 bits per heavy atom. The number of carboxylic acids is 1. The third-order valence-corrected chi connectivity index (χ3v) is 5.46. The standard InChI is InChI=1S/C22H26N4O7/c27-16-7-10-26(22(33)19(16)21(32)24-12-18(29)30)13-14-3-5-15(6-4-14)20(31)23-8-11-25-9-1-2-17(25)28/h3-6,27H,1-2,7-13H2,(H,23,31)(H,24,32)(H,29,30). The molecule has 1 aromatic rings. The number of likely N-dealkylation sites (tertiary alicyclic amines) is 1. The summed E-state index contributed by atoms with van der Waals surface area (Å²) < 4.78 is 0. The zero-order valence-electron chi connectivity index (χ0n) is 18.0. The first-order chi connectivity index (χ1) is 15.8. The average Bonchev–Trinajstić information content (AvgIpc) is 3.19. The minimum absolute atomic E-state index is 0.0710. The Hall–Kier alpha value is -3.89. The van der Waals surface area contributed by atoms with Gasteiger partial charge in [0.15, 0.2) is 0 Å². The Bertz CT molecular complexity index is 987. The monoisotopic (exact) mass is 458 g/mol. The summed E-state index contributed by atoms with van der Waals surface area (Å²) in [5, 5.41) is 23.5. The predicted octanol–water partition coefficient (Wildman–Crippen LogP) is -0.216. The van der Waals surface area contributed by atoms with Crippen LogP contribution < -0.4 is 10.6 Å². The molecular formula is C22H26N4O7. The minimum atomic E-state index is -1.27. The van der Waals surface area contributed by atoms with Crippen molar-refractivity contribution in [1.29, 1.82) is 0 Å². The van der Waals surface area contributed by atoms with Gasteiger partial charge in [-0.05, 0) is 24.1 Å². The van der Waals surface area contributed by atoms with Crippen molar-refractivity contribution in [2.24, 2.45) is 0 Å². The average molecular weight is 458 g/mol. The smallest absolute Gasteiger partial charge is 0.322 e. The summed E-state index contributed by atoms with van der Waals surface area (Å²) in [4.78, 5) is 62.4. The Balaban J connectivity index is 1.54. The van der Waals surface area contributed by atoms with Crippen LogP contribution >= 0.6 is 0 Å². The highest BCUT2D eigenvalue weighted by molar-refractivity contribution is 6.19. The first kappa shape index (κ1) is 23.8. The Kier molecular flexibility index (Phi) is 7.65. The van der Waals surface area contributed by atoms with Gasteiger partial charge in [0.05, 0.1) is 0 Å². The summed E-state index contributed by atoms with van der Waals surface area (Å²) in [7, 11) is 0. The third kappa shape index (κ3) is 6.09. The number of carbonyl (C=O) groups is 5. The van der Waals surface area contributed by atoms with Crippen LogP contribution in [0, 0.1) is 0 Å². The zero-order chi connectivity index (χ0) is 24.0. The highest BCUT2D eigenvalue weighted by Gasteiger charge is 2.32. The molecule has 2 aliphatic rings. The molecule has 2 aliphatic heterocycles. The first-order valence-corrected chi connectivity index (χ1v) is 10.6. The van der Waals surface area contributed by atoms with Gasteiger partial charge in [-0.15, -0.1) is 0 Å². The first-order valence-electron chi connectivity index (χ1n) is 10.6. The van der Waals surface area contributed by atoms with Gasteiger partial charge in [-0.25, -0.2) is 0 Å². The third-order valence-electron chi connectivity index (χ3n) is 5.46. The van der Waals surface area contributed by atoms with Crippen LogP contribution in [0.2, 0.25) is 0 Å². The van der Waals surface area contributed by atoms with Gasteiger partial charge in [-0.3, -0.25) is 24.0 Å². The maximum atomic E-state index is 12.7. The number of amides is 4. The van der Waals surface area contributed by atoms with Crippen LogP contribution in [-0.2, 0) is 25.7 Å². The molecule has 1 saturated heterocycles. The lowest BCUT2D eigenvalue weighted by Gasteiger charge is -2.28. The number of nitrogens with zero attached hydrogens (tertiary/aromatic N) is 2. The molecule has 4 N–H and O–H groups in total. The Labute approximate surface area is 190 Å². The molecular weight excluding hydrogens is 432 g/mol. The molecule has 0 spiro atoms. The Morgan fingerprint density at radius 3 is 2.30 bits per heavy atom.